The number of carbonyl (C=O) groups excluding carboxylic acids is 1. The lowest BCUT2D eigenvalue weighted by Gasteiger charge is -2.31. The summed E-state index contributed by atoms with van der Waals surface area (Å²) in [6.45, 7) is 5.29. The van der Waals surface area contributed by atoms with Crippen molar-refractivity contribution in [2.24, 2.45) is 11.8 Å². The van der Waals surface area contributed by atoms with Crippen LogP contribution in [-0.4, -0.2) is 33.2 Å². The number of sulfone groups is 1. The first-order valence-corrected chi connectivity index (χ1v) is 10.7. The molecular formula is C20H24N2O4S. The highest BCUT2D eigenvalue weighted by molar-refractivity contribution is 7.91. The van der Waals surface area contributed by atoms with E-state index in [4.69, 9.17) is 4.74 Å². The van der Waals surface area contributed by atoms with E-state index in [9.17, 15) is 13.2 Å². The third-order valence-electron chi connectivity index (χ3n) is 4.85. The highest BCUT2D eigenvalue weighted by Gasteiger charge is 2.28. The zero-order valence-electron chi connectivity index (χ0n) is 15.4. The second-order valence-corrected chi connectivity index (χ2v) is 8.92. The molecule has 2 aromatic carbocycles. The zero-order valence-corrected chi connectivity index (χ0v) is 16.3. The molecular weight excluding hydrogens is 364 g/mol. The fourth-order valence-corrected chi connectivity index (χ4v) is 3.83. The molecule has 0 saturated carbocycles. The molecule has 1 heterocycles. The maximum absolute atomic E-state index is 12.3. The van der Waals surface area contributed by atoms with Gasteiger partial charge in [0, 0.05) is 11.6 Å². The van der Waals surface area contributed by atoms with E-state index in [2.05, 4.69) is 10.6 Å². The molecule has 1 unspecified atom stereocenters. The van der Waals surface area contributed by atoms with Crippen LogP contribution in [0.4, 0.5) is 5.69 Å². The number of rotatable bonds is 7. The topological polar surface area (TPSA) is 84.5 Å². The molecule has 0 radical (unpaired) electrons. The highest BCUT2D eigenvalue weighted by atomic mass is 32.2. The number of amides is 1. The van der Waals surface area contributed by atoms with Crippen LogP contribution >= 0.6 is 0 Å². The average molecular weight is 388 g/mol. The van der Waals surface area contributed by atoms with E-state index in [1.54, 1.807) is 55.5 Å². The zero-order chi connectivity index (χ0) is 19.4. The fraction of sp³-hybridized carbons (Fsp3) is 0.350. The Morgan fingerprint density at radius 3 is 2.44 bits per heavy atom. The van der Waals surface area contributed by atoms with Crippen LogP contribution in [0.3, 0.4) is 0 Å². The van der Waals surface area contributed by atoms with Crippen LogP contribution in [0.25, 0.3) is 0 Å². The molecule has 1 amide bonds. The summed E-state index contributed by atoms with van der Waals surface area (Å²) in [5.41, 5.74) is 0.681. The van der Waals surface area contributed by atoms with Gasteiger partial charge in [-0.25, -0.2) is 8.42 Å². The van der Waals surface area contributed by atoms with E-state index in [1.807, 2.05) is 6.92 Å². The van der Waals surface area contributed by atoms with E-state index in [0.717, 1.165) is 13.1 Å². The Labute approximate surface area is 159 Å². The van der Waals surface area contributed by atoms with Crippen molar-refractivity contribution in [3.05, 3.63) is 48.5 Å². The van der Waals surface area contributed by atoms with E-state index >= 15 is 0 Å². The Morgan fingerprint density at radius 2 is 1.85 bits per heavy atom. The molecule has 1 saturated heterocycles. The normalized spacial score (nSPS) is 15.6. The molecule has 144 valence electrons. The van der Waals surface area contributed by atoms with Crippen molar-refractivity contribution in [1.29, 1.82) is 0 Å². The molecule has 2 N–H and O–H groups in total. The molecule has 1 fully saturated rings. The molecule has 1 atom stereocenters. The second kappa shape index (κ2) is 8.10. The molecule has 27 heavy (non-hydrogen) atoms. The van der Waals surface area contributed by atoms with Gasteiger partial charge < -0.3 is 15.4 Å². The molecule has 0 aromatic heterocycles. The molecule has 3 rings (SSSR count). The van der Waals surface area contributed by atoms with Gasteiger partial charge in [-0.1, -0.05) is 26.0 Å². The minimum atomic E-state index is -3.37. The third kappa shape index (κ3) is 4.48. The number of benzene rings is 2. The van der Waals surface area contributed by atoms with Crippen molar-refractivity contribution in [3.63, 3.8) is 0 Å². The first-order valence-electron chi connectivity index (χ1n) is 9.02. The largest absolute Gasteiger partial charge is 0.456 e. The first kappa shape index (κ1) is 19.4. The first-order chi connectivity index (χ1) is 12.9. The number of nitrogens with one attached hydrogen (secondary N) is 2. The molecule has 6 nitrogen and oxygen atoms in total. The Morgan fingerprint density at radius 1 is 1.19 bits per heavy atom. The van der Waals surface area contributed by atoms with Crippen molar-refractivity contribution < 1.29 is 17.9 Å². The Hall–Kier alpha value is -2.38. The lowest BCUT2D eigenvalue weighted by Crippen LogP contribution is -2.48. The summed E-state index contributed by atoms with van der Waals surface area (Å²) in [5.74, 6) is 1.13. The SMILES string of the molecule is CCS(=O)(=O)c1ccccc1Oc1ccc(NC(=O)C(C)C2CNC2)cc1. The highest BCUT2D eigenvalue weighted by Crippen LogP contribution is 2.30. The van der Waals surface area contributed by atoms with E-state index in [1.165, 1.54) is 0 Å². The maximum atomic E-state index is 12.3. The predicted molar refractivity (Wildman–Crippen MR) is 105 cm³/mol. The van der Waals surface area contributed by atoms with Crippen LogP contribution in [0.1, 0.15) is 13.8 Å². The summed E-state index contributed by atoms with van der Waals surface area (Å²) >= 11 is 0. The van der Waals surface area contributed by atoms with Crippen molar-refractivity contribution in [3.8, 4) is 11.5 Å². The second-order valence-electron chi connectivity index (χ2n) is 6.67. The Balaban J connectivity index is 1.69. The number of anilines is 1. The van der Waals surface area contributed by atoms with Gasteiger partial charge in [0.05, 0.1) is 5.75 Å². The molecule has 0 aliphatic carbocycles. The van der Waals surface area contributed by atoms with Gasteiger partial charge in [-0.15, -0.1) is 0 Å². The van der Waals surface area contributed by atoms with Crippen molar-refractivity contribution in [2.45, 2.75) is 18.7 Å². The van der Waals surface area contributed by atoms with Crippen LogP contribution in [0.15, 0.2) is 53.4 Å². The molecule has 0 bridgehead atoms. The molecule has 2 aromatic rings. The summed E-state index contributed by atoms with van der Waals surface area (Å²) in [7, 11) is -3.37. The smallest absolute Gasteiger partial charge is 0.227 e. The molecule has 1 aliphatic rings. The van der Waals surface area contributed by atoms with Crippen molar-refractivity contribution in [2.75, 3.05) is 24.2 Å². The maximum Gasteiger partial charge on any atom is 0.227 e. The summed E-state index contributed by atoms with van der Waals surface area (Å²) in [6.07, 6.45) is 0. The van der Waals surface area contributed by atoms with Gasteiger partial charge in [-0.05, 0) is 55.4 Å². The number of carbonyl (C=O) groups is 1. The minimum Gasteiger partial charge on any atom is -0.456 e. The van der Waals surface area contributed by atoms with Gasteiger partial charge in [-0.2, -0.15) is 0 Å². The average Bonchev–Trinajstić information content (AvgIpc) is 2.62. The van der Waals surface area contributed by atoms with Crippen LogP contribution in [-0.2, 0) is 14.6 Å². The monoisotopic (exact) mass is 388 g/mol. The van der Waals surface area contributed by atoms with E-state index in [-0.39, 0.29) is 22.5 Å². The third-order valence-corrected chi connectivity index (χ3v) is 6.62. The van der Waals surface area contributed by atoms with E-state index < -0.39 is 9.84 Å². The predicted octanol–water partition coefficient (Wildman–Crippen LogP) is 3.07. The number of para-hydroxylation sites is 1. The van der Waals surface area contributed by atoms with Crippen molar-refractivity contribution in [1.82, 2.24) is 5.32 Å². The lowest BCUT2D eigenvalue weighted by molar-refractivity contribution is -0.121. The van der Waals surface area contributed by atoms with Gasteiger partial charge in [0.2, 0.25) is 5.91 Å². The summed E-state index contributed by atoms with van der Waals surface area (Å²) < 4.78 is 30.2. The Bertz CT molecular complexity index is 906. The van der Waals surface area contributed by atoms with Crippen LogP contribution in [0.5, 0.6) is 11.5 Å². The number of ether oxygens (including phenoxy) is 1. The lowest BCUT2D eigenvalue weighted by atomic mass is 9.88. The molecule has 7 heteroatoms. The molecule has 0 spiro atoms. The minimum absolute atomic E-state index is 0.00504. The summed E-state index contributed by atoms with van der Waals surface area (Å²) in [5, 5.41) is 6.08. The Kier molecular flexibility index (Phi) is 5.82. The van der Waals surface area contributed by atoms with Crippen LogP contribution in [0, 0.1) is 11.8 Å². The number of hydrogen-bond donors (Lipinski definition) is 2. The van der Waals surface area contributed by atoms with Gasteiger partial charge >= 0.3 is 0 Å². The van der Waals surface area contributed by atoms with Gasteiger partial charge in [0.15, 0.2) is 9.84 Å². The van der Waals surface area contributed by atoms with Gasteiger partial charge in [0.1, 0.15) is 16.4 Å². The van der Waals surface area contributed by atoms with Crippen LogP contribution < -0.4 is 15.4 Å². The van der Waals surface area contributed by atoms with E-state index in [0.29, 0.717) is 23.1 Å². The van der Waals surface area contributed by atoms with Crippen LogP contribution in [0.2, 0.25) is 0 Å². The summed E-state index contributed by atoms with van der Waals surface area (Å²) in [6, 6.07) is 13.5. The molecule has 1 aliphatic heterocycles. The van der Waals surface area contributed by atoms with Crippen molar-refractivity contribution >= 4 is 21.4 Å². The summed E-state index contributed by atoms with van der Waals surface area (Å²) in [4.78, 5) is 12.4. The quantitative estimate of drug-likeness (QED) is 0.761. The van der Waals surface area contributed by atoms with Gasteiger partial charge in [-0.3, -0.25) is 4.79 Å². The fourth-order valence-electron chi connectivity index (χ4n) is 2.81. The van der Waals surface area contributed by atoms with Gasteiger partial charge in [0.25, 0.3) is 0 Å². The standard InChI is InChI=1S/C20H24N2O4S/c1-3-27(24,25)19-7-5-4-6-18(19)26-17-10-8-16(9-11-17)22-20(23)14(2)15-12-21-13-15/h4-11,14-15,21H,3,12-13H2,1-2H3,(H,22,23). The number of hydrogen-bond acceptors (Lipinski definition) is 5.